The second-order valence-electron chi connectivity index (χ2n) is 3.95. The Labute approximate surface area is 107 Å². The summed E-state index contributed by atoms with van der Waals surface area (Å²) in [4.78, 5) is 2.33. The van der Waals surface area contributed by atoms with E-state index in [1.165, 1.54) is 11.5 Å². The van der Waals surface area contributed by atoms with E-state index in [9.17, 15) is 0 Å². The minimum Gasteiger partial charge on any atom is -0.383 e. The average Bonchev–Trinajstić information content (AvgIpc) is 2.74. The zero-order chi connectivity index (χ0) is 12.7. The van der Waals surface area contributed by atoms with Gasteiger partial charge in [0.15, 0.2) is 0 Å². The largest absolute Gasteiger partial charge is 0.383 e. The predicted molar refractivity (Wildman–Crippen MR) is 71.5 cm³/mol. The normalized spacial score (nSPS) is 13.0. The molecule has 1 unspecified atom stereocenters. The number of nitrogens with zero attached hydrogens (tertiary/aromatic N) is 3. The van der Waals surface area contributed by atoms with E-state index in [1.807, 2.05) is 0 Å². The van der Waals surface area contributed by atoms with Gasteiger partial charge in [0.25, 0.3) is 0 Å². The molecule has 6 heteroatoms. The molecule has 1 atom stereocenters. The number of hydrogen-bond donors (Lipinski definition) is 1. The van der Waals surface area contributed by atoms with Crippen molar-refractivity contribution in [3.8, 4) is 0 Å². The van der Waals surface area contributed by atoms with Crippen LogP contribution in [0.5, 0.6) is 0 Å². The highest BCUT2D eigenvalue weighted by molar-refractivity contribution is 7.10. The van der Waals surface area contributed by atoms with Crippen LogP contribution >= 0.6 is 11.5 Å². The molecule has 98 valence electrons. The highest BCUT2D eigenvalue weighted by Crippen LogP contribution is 2.19. The lowest BCUT2D eigenvalue weighted by Crippen LogP contribution is -2.35. The van der Waals surface area contributed by atoms with Crippen LogP contribution in [0.3, 0.4) is 0 Å². The molecule has 0 amide bonds. The quantitative estimate of drug-likeness (QED) is 0.771. The number of likely N-dealkylation sites (N-methyl/N-ethyl adjacent to an activating group) is 1. The van der Waals surface area contributed by atoms with Crippen LogP contribution < -0.4 is 5.32 Å². The van der Waals surface area contributed by atoms with Gasteiger partial charge < -0.3 is 10.1 Å². The molecular weight excluding hydrogens is 236 g/mol. The van der Waals surface area contributed by atoms with Gasteiger partial charge in [0.2, 0.25) is 0 Å². The average molecular weight is 258 g/mol. The summed E-state index contributed by atoms with van der Waals surface area (Å²) < 4.78 is 9.20. The first-order valence-corrected chi connectivity index (χ1v) is 6.78. The lowest BCUT2D eigenvalue weighted by molar-refractivity contribution is 0.0975. The Bertz CT molecular complexity index is 318. The second kappa shape index (κ2) is 7.58. The smallest absolute Gasteiger partial charge is 0.134 e. The van der Waals surface area contributed by atoms with E-state index in [2.05, 4.69) is 40.6 Å². The molecule has 0 aliphatic carbocycles. The number of methoxy groups -OCH3 is 1. The summed E-state index contributed by atoms with van der Waals surface area (Å²) in [5.74, 6) is 0. The Morgan fingerprint density at radius 3 is 2.82 bits per heavy atom. The molecule has 1 aromatic heterocycles. The molecule has 1 rings (SSSR count). The maximum Gasteiger partial charge on any atom is 0.134 e. The van der Waals surface area contributed by atoms with E-state index in [1.54, 1.807) is 7.11 Å². The van der Waals surface area contributed by atoms with Gasteiger partial charge in [0.05, 0.1) is 6.61 Å². The summed E-state index contributed by atoms with van der Waals surface area (Å²) in [6.45, 7) is 9.83. The molecule has 0 aliphatic rings. The Kier molecular flexibility index (Phi) is 6.39. The molecule has 1 aromatic rings. The Balaban J connectivity index is 2.63. The first-order valence-electron chi connectivity index (χ1n) is 6.00. The van der Waals surface area contributed by atoms with Gasteiger partial charge in [0.1, 0.15) is 10.7 Å². The number of rotatable bonds is 8. The van der Waals surface area contributed by atoms with Crippen molar-refractivity contribution in [1.29, 1.82) is 0 Å². The topological polar surface area (TPSA) is 50.3 Å². The number of aromatic nitrogens is 2. The van der Waals surface area contributed by atoms with Crippen molar-refractivity contribution in [3.63, 3.8) is 0 Å². The lowest BCUT2D eigenvalue weighted by Gasteiger charge is -2.26. The van der Waals surface area contributed by atoms with E-state index in [4.69, 9.17) is 4.74 Å². The Morgan fingerprint density at radius 1 is 1.47 bits per heavy atom. The fraction of sp³-hybridized carbons (Fsp3) is 0.818. The van der Waals surface area contributed by atoms with E-state index in [0.717, 1.165) is 36.9 Å². The number of hydrogen-bond acceptors (Lipinski definition) is 6. The third kappa shape index (κ3) is 4.22. The van der Waals surface area contributed by atoms with Crippen LogP contribution in [-0.2, 0) is 11.3 Å². The van der Waals surface area contributed by atoms with Gasteiger partial charge >= 0.3 is 0 Å². The first kappa shape index (κ1) is 14.3. The molecule has 1 heterocycles. The van der Waals surface area contributed by atoms with Crippen molar-refractivity contribution in [3.05, 3.63) is 5.69 Å². The standard InChI is InChI=1S/C11H22N4OS/c1-5-12-11-10(13-14-17-11)7-15(6-2)9(3)8-16-4/h9,12H,5-8H2,1-4H3. The van der Waals surface area contributed by atoms with Crippen molar-refractivity contribution in [2.24, 2.45) is 0 Å². The van der Waals surface area contributed by atoms with E-state index >= 15 is 0 Å². The van der Waals surface area contributed by atoms with Gasteiger partial charge in [-0.1, -0.05) is 11.4 Å². The summed E-state index contributed by atoms with van der Waals surface area (Å²) in [6.07, 6.45) is 0. The first-order chi connectivity index (χ1) is 8.22. The van der Waals surface area contributed by atoms with Crippen LogP contribution in [0.1, 0.15) is 26.5 Å². The van der Waals surface area contributed by atoms with Crippen molar-refractivity contribution in [1.82, 2.24) is 14.5 Å². The van der Waals surface area contributed by atoms with Crippen LogP contribution in [-0.4, -0.2) is 47.3 Å². The molecule has 5 nitrogen and oxygen atoms in total. The SMILES string of the molecule is CCNc1snnc1CN(CC)C(C)COC. The molecule has 0 fully saturated rings. The number of nitrogens with one attached hydrogen (secondary N) is 1. The van der Waals surface area contributed by atoms with Crippen molar-refractivity contribution < 1.29 is 4.74 Å². The fourth-order valence-electron chi connectivity index (χ4n) is 1.73. The van der Waals surface area contributed by atoms with Gasteiger partial charge in [-0.05, 0) is 20.4 Å². The molecular formula is C11H22N4OS. The highest BCUT2D eigenvalue weighted by atomic mass is 32.1. The molecule has 0 aromatic carbocycles. The van der Waals surface area contributed by atoms with Crippen molar-refractivity contribution in [2.45, 2.75) is 33.4 Å². The maximum atomic E-state index is 5.19. The third-order valence-electron chi connectivity index (χ3n) is 2.68. The minimum atomic E-state index is 0.390. The lowest BCUT2D eigenvalue weighted by atomic mass is 10.2. The summed E-state index contributed by atoms with van der Waals surface area (Å²) in [6, 6.07) is 0.390. The van der Waals surface area contributed by atoms with Crippen LogP contribution in [0.4, 0.5) is 5.00 Å². The van der Waals surface area contributed by atoms with Crippen LogP contribution in [0.2, 0.25) is 0 Å². The molecule has 0 aliphatic heterocycles. The Hall–Kier alpha value is -0.720. The number of anilines is 1. The minimum absolute atomic E-state index is 0.390. The van der Waals surface area contributed by atoms with Gasteiger partial charge in [0, 0.05) is 37.8 Å². The number of ether oxygens (including phenoxy) is 1. The summed E-state index contributed by atoms with van der Waals surface area (Å²) >= 11 is 1.42. The predicted octanol–water partition coefficient (Wildman–Crippen LogP) is 1.83. The van der Waals surface area contributed by atoms with Gasteiger partial charge in [-0.25, -0.2) is 0 Å². The molecule has 0 radical (unpaired) electrons. The van der Waals surface area contributed by atoms with Crippen molar-refractivity contribution >= 4 is 16.5 Å². The third-order valence-corrected chi connectivity index (χ3v) is 3.41. The summed E-state index contributed by atoms with van der Waals surface area (Å²) in [5, 5.41) is 8.56. The van der Waals surface area contributed by atoms with Crippen LogP contribution in [0.15, 0.2) is 0 Å². The molecule has 17 heavy (non-hydrogen) atoms. The van der Waals surface area contributed by atoms with Crippen molar-refractivity contribution in [2.75, 3.05) is 32.1 Å². The second-order valence-corrected chi connectivity index (χ2v) is 4.70. The highest BCUT2D eigenvalue weighted by Gasteiger charge is 2.16. The summed E-state index contributed by atoms with van der Waals surface area (Å²) in [5.41, 5.74) is 1.03. The van der Waals surface area contributed by atoms with Gasteiger partial charge in [-0.15, -0.1) is 5.10 Å². The van der Waals surface area contributed by atoms with E-state index in [-0.39, 0.29) is 0 Å². The Morgan fingerprint density at radius 2 is 2.24 bits per heavy atom. The zero-order valence-corrected chi connectivity index (χ0v) is 11.9. The molecule has 1 N–H and O–H groups in total. The molecule has 0 saturated carbocycles. The summed E-state index contributed by atoms with van der Waals surface area (Å²) in [7, 11) is 1.73. The monoisotopic (exact) mass is 258 g/mol. The van der Waals surface area contributed by atoms with E-state index in [0.29, 0.717) is 6.04 Å². The van der Waals surface area contributed by atoms with E-state index < -0.39 is 0 Å². The molecule has 0 saturated heterocycles. The maximum absolute atomic E-state index is 5.19. The van der Waals surface area contributed by atoms with Gasteiger partial charge in [-0.3, -0.25) is 4.90 Å². The van der Waals surface area contributed by atoms with Gasteiger partial charge in [-0.2, -0.15) is 0 Å². The molecule has 0 bridgehead atoms. The molecule has 0 spiro atoms. The van der Waals surface area contributed by atoms with Crippen LogP contribution in [0, 0.1) is 0 Å². The van der Waals surface area contributed by atoms with Crippen LogP contribution in [0.25, 0.3) is 0 Å². The zero-order valence-electron chi connectivity index (χ0n) is 11.1. The fourth-order valence-corrected chi connectivity index (χ4v) is 2.37.